The van der Waals surface area contributed by atoms with Crippen molar-refractivity contribution in [2.24, 2.45) is 0 Å². The van der Waals surface area contributed by atoms with Crippen molar-refractivity contribution in [1.29, 1.82) is 0 Å². The van der Waals surface area contributed by atoms with E-state index in [1.165, 1.54) is 17.3 Å². The fourth-order valence-electron chi connectivity index (χ4n) is 5.80. The van der Waals surface area contributed by atoms with Crippen molar-refractivity contribution >= 4 is 28.8 Å². The monoisotopic (exact) mass is 563 g/mol. The normalized spacial score (nSPS) is 14.0. The molecule has 0 aliphatic carbocycles. The van der Waals surface area contributed by atoms with Gasteiger partial charge in [0.1, 0.15) is 11.5 Å². The summed E-state index contributed by atoms with van der Waals surface area (Å²) >= 11 is 1.26. The zero-order valence-electron chi connectivity index (χ0n) is 23.1. The molecule has 0 atom stereocenters. The molecule has 2 heterocycles. The zero-order chi connectivity index (χ0) is 28.7. The van der Waals surface area contributed by atoms with E-state index in [-0.39, 0.29) is 11.0 Å². The third-order valence-electron chi connectivity index (χ3n) is 7.54. The van der Waals surface area contributed by atoms with E-state index in [9.17, 15) is 14.4 Å². The van der Waals surface area contributed by atoms with Gasteiger partial charge in [0, 0.05) is 40.1 Å². The zero-order valence-corrected chi connectivity index (χ0v) is 23.9. The van der Waals surface area contributed by atoms with Crippen molar-refractivity contribution in [1.82, 2.24) is 5.32 Å². The first-order valence-corrected chi connectivity index (χ1v) is 14.4. The lowest BCUT2D eigenvalue weighted by atomic mass is 9.77. The molecule has 0 bridgehead atoms. The molecule has 1 spiro atoms. The number of carbonyl (C=O) groups is 3. The van der Waals surface area contributed by atoms with E-state index in [1.807, 2.05) is 69.3 Å². The molecule has 6 rings (SSSR count). The summed E-state index contributed by atoms with van der Waals surface area (Å²) in [5.41, 5.74) is 5.07. The number of ether oxygens (including phenoxy) is 2. The summed E-state index contributed by atoms with van der Waals surface area (Å²) in [5.74, 6) is 0.438. The first-order valence-electron chi connectivity index (χ1n) is 13.6. The summed E-state index contributed by atoms with van der Waals surface area (Å²) in [6.07, 6.45) is 0.864. The Morgan fingerprint density at radius 1 is 0.829 bits per heavy atom. The van der Waals surface area contributed by atoms with Gasteiger partial charge in [-0.25, -0.2) is 4.79 Å². The van der Waals surface area contributed by atoms with Crippen LogP contribution in [0.1, 0.15) is 66.9 Å². The van der Waals surface area contributed by atoms with Crippen LogP contribution >= 0.6 is 11.8 Å². The molecule has 1 amide bonds. The predicted octanol–water partition coefficient (Wildman–Crippen LogP) is 7.01. The highest BCUT2D eigenvalue weighted by Gasteiger charge is 2.53. The van der Waals surface area contributed by atoms with E-state index in [0.29, 0.717) is 47.6 Å². The van der Waals surface area contributed by atoms with Crippen molar-refractivity contribution in [3.63, 3.8) is 0 Å². The van der Waals surface area contributed by atoms with E-state index >= 15 is 0 Å². The van der Waals surface area contributed by atoms with Gasteiger partial charge in [-0.05, 0) is 62.6 Å². The van der Waals surface area contributed by atoms with Gasteiger partial charge in [0.05, 0.1) is 5.56 Å². The van der Waals surface area contributed by atoms with Crippen LogP contribution in [-0.4, -0.2) is 23.5 Å². The third kappa shape index (κ3) is 4.70. The molecule has 2 aliphatic heterocycles. The highest BCUT2D eigenvalue weighted by atomic mass is 32.2. The van der Waals surface area contributed by atoms with Crippen LogP contribution in [0.15, 0.2) is 83.8 Å². The van der Waals surface area contributed by atoms with E-state index < -0.39 is 11.6 Å². The van der Waals surface area contributed by atoms with E-state index in [1.54, 1.807) is 18.2 Å². The number of carbonyl (C=O) groups excluding carboxylic acids is 3. The molecule has 41 heavy (non-hydrogen) atoms. The van der Waals surface area contributed by atoms with Gasteiger partial charge in [0.2, 0.25) is 0 Å². The fraction of sp³-hybridized carbons (Fsp3) is 0.206. The highest BCUT2D eigenvalue weighted by molar-refractivity contribution is 8.13. The number of amides is 1. The Morgan fingerprint density at radius 3 is 2.12 bits per heavy atom. The van der Waals surface area contributed by atoms with Gasteiger partial charge in [0.25, 0.3) is 5.91 Å². The number of rotatable bonds is 6. The lowest BCUT2D eigenvalue weighted by Crippen LogP contribution is -2.33. The quantitative estimate of drug-likeness (QED) is 0.154. The minimum absolute atomic E-state index is 0.0666. The molecule has 4 aromatic rings. The predicted molar refractivity (Wildman–Crippen MR) is 158 cm³/mol. The van der Waals surface area contributed by atoms with Crippen LogP contribution < -0.4 is 10.1 Å². The van der Waals surface area contributed by atoms with E-state index in [4.69, 9.17) is 9.47 Å². The molecule has 1 N–H and O–H groups in total. The van der Waals surface area contributed by atoms with Gasteiger partial charge in [-0.1, -0.05) is 71.9 Å². The molecule has 0 unspecified atom stereocenters. The highest BCUT2D eigenvalue weighted by Crippen LogP contribution is 2.55. The number of esters is 1. The molecule has 206 valence electrons. The summed E-state index contributed by atoms with van der Waals surface area (Å²) in [6.45, 7) is 6.43. The van der Waals surface area contributed by atoms with Crippen LogP contribution in [0, 0.1) is 20.8 Å². The van der Waals surface area contributed by atoms with Crippen LogP contribution in [0.3, 0.4) is 0 Å². The van der Waals surface area contributed by atoms with Gasteiger partial charge in [-0.3, -0.25) is 9.59 Å². The smallest absolute Gasteiger partial charge is 0.340 e. The lowest BCUT2D eigenvalue weighted by Gasteiger charge is -2.36. The van der Waals surface area contributed by atoms with Crippen LogP contribution in [0.25, 0.3) is 0 Å². The Kier molecular flexibility index (Phi) is 6.91. The maximum absolute atomic E-state index is 13.3. The van der Waals surface area contributed by atoms with Crippen LogP contribution in [0.5, 0.6) is 11.5 Å². The molecule has 7 heteroatoms. The number of thioether (sulfide) groups is 1. The molecular formula is C34H29NO5S. The maximum atomic E-state index is 13.3. The van der Waals surface area contributed by atoms with Crippen LogP contribution in [0.4, 0.5) is 0 Å². The summed E-state index contributed by atoms with van der Waals surface area (Å²) in [7, 11) is 0. The number of hydrogen-bond acceptors (Lipinski definition) is 6. The molecule has 0 aromatic heterocycles. The average Bonchev–Trinajstić information content (AvgIpc) is 3.25. The summed E-state index contributed by atoms with van der Waals surface area (Å²) in [5, 5.41) is 2.95. The van der Waals surface area contributed by atoms with Gasteiger partial charge in [-0.2, -0.15) is 0 Å². The standard InChI is InChI=1S/C34H29NO5S/c1-20-17-21(2)31(22(3)18-20)41-30(36)13-8-16-35-32(37)23-14-15-25-24(19-23)33(38)40-34(25)26-9-4-6-11-28(26)39-29-12-7-5-10-27(29)34/h4-7,9-12,14-15,17-19H,8,13,16H2,1-3H3,(H,35,37). The van der Waals surface area contributed by atoms with E-state index in [2.05, 4.69) is 17.4 Å². The average molecular weight is 564 g/mol. The van der Waals surface area contributed by atoms with Crippen molar-refractivity contribution in [2.45, 2.75) is 44.1 Å². The van der Waals surface area contributed by atoms with Gasteiger partial charge >= 0.3 is 5.97 Å². The number of aryl methyl sites for hydroxylation is 3. The largest absolute Gasteiger partial charge is 0.456 e. The van der Waals surface area contributed by atoms with Crippen molar-refractivity contribution < 1.29 is 23.9 Å². The third-order valence-corrected chi connectivity index (χ3v) is 8.82. The molecule has 0 saturated heterocycles. The number of hydrogen-bond donors (Lipinski definition) is 1. The van der Waals surface area contributed by atoms with Crippen molar-refractivity contribution in [3.05, 3.63) is 123 Å². The molecule has 0 saturated carbocycles. The molecule has 4 aromatic carbocycles. The van der Waals surface area contributed by atoms with Crippen molar-refractivity contribution in [3.8, 4) is 11.5 Å². The Bertz CT molecular complexity index is 1660. The molecule has 2 aliphatic rings. The second kappa shape index (κ2) is 10.6. The molecule has 6 nitrogen and oxygen atoms in total. The number of para-hydroxylation sites is 2. The van der Waals surface area contributed by atoms with Gasteiger partial charge < -0.3 is 14.8 Å². The van der Waals surface area contributed by atoms with Gasteiger partial charge in [0.15, 0.2) is 10.7 Å². The minimum Gasteiger partial charge on any atom is -0.456 e. The van der Waals surface area contributed by atoms with Gasteiger partial charge in [-0.15, -0.1) is 0 Å². The Hall–Kier alpha value is -4.36. The summed E-state index contributed by atoms with van der Waals surface area (Å²) in [6, 6.07) is 24.3. The molecule has 0 radical (unpaired) electrons. The molecular weight excluding hydrogens is 534 g/mol. The van der Waals surface area contributed by atoms with Crippen LogP contribution in [0.2, 0.25) is 0 Å². The second-order valence-electron chi connectivity index (χ2n) is 10.5. The Balaban J connectivity index is 1.16. The summed E-state index contributed by atoms with van der Waals surface area (Å²) in [4.78, 5) is 39.8. The Morgan fingerprint density at radius 2 is 1.46 bits per heavy atom. The SMILES string of the molecule is Cc1cc(C)c(SC(=O)CCCNC(=O)c2ccc3c(c2)C(=O)OC32c3ccccc3Oc3ccccc32)c(C)c1. The Labute approximate surface area is 243 Å². The number of fused-ring (bicyclic) bond motifs is 6. The second-order valence-corrected chi connectivity index (χ2v) is 11.6. The lowest BCUT2D eigenvalue weighted by molar-refractivity contribution is -0.111. The maximum Gasteiger partial charge on any atom is 0.340 e. The number of benzene rings is 4. The van der Waals surface area contributed by atoms with Crippen molar-refractivity contribution in [2.75, 3.05) is 6.54 Å². The minimum atomic E-state index is -1.15. The number of nitrogens with one attached hydrogen (secondary N) is 1. The molecule has 0 fully saturated rings. The van der Waals surface area contributed by atoms with E-state index in [0.717, 1.165) is 27.1 Å². The summed E-state index contributed by atoms with van der Waals surface area (Å²) < 4.78 is 12.3. The van der Waals surface area contributed by atoms with Crippen LogP contribution in [-0.2, 0) is 15.1 Å². The fourth-order valence-corrected chi connectivity index (χ4v) is 6.71. The topological polar surface area (TPSA) is 81.7 Å². The first kappa shape index (κ1) is 26.8. The first-order chi connectivity index (χ1) is 19.8.